The van der Waals surface area contributed by atoms with E-state index in [9.17, 15) is 4.79 Å². The van der Waals surface area contributed by atoms with Crippen LogP contribution in [0.15, 0.2) is 54.6 Å². The van der Waals surface area contributed by atoms with Gasteiger partial charge in [0, 0.05) is 36.9 Å². The van der Waals surface area contributed by atoms with Crippen molar-refractivity contribution in [3.8, 4) is 0 Å². The zero-order valence-electron chi connectivity index (χ0n) is 14.5. The molecule has 0 unspecified atom stereocenters. The van der Waals surface area contributed by atoms with Gasteiger partial charge < -0.3 is 10.2 Å². The molecule has 1 aliphatic rings. The van der Waals surface area contributed by atoms with Gasteiger partial charge in [-0.25, -0.2) is 0 Å². The molecule has 0 spiro atoms. The van der Waals surface area contributed by atoms with Gasteiger partial charge in [0.05, 0.1) is 12.6 Å². The van der Waals surface area contributed by atoms with Crippen molar-refractivity contribution in [3.63, 3.8) is 0 Å². The van der Waals surface area contributed by atoms with Crippen molar-refractivity contribution in [1.29, 1.82) is 0 Å². The molecule has 1 atom stereocenters. The number of halogens is 1. The summed E-state index contributed by atoms with van der Waals surface area (Å²) >= 11 is 6.20. The van der Waals surface area contributed by atoms with Crippen molar-refractivity contribution in [2.45, 2.75) is 13.0 Å². The predicted octanol–water partition coefficient (Wildman–Crippen LogP) is 3.34. The SMILES string of the molecule is C[C@@H](NC(=O)CN1CCN(c2ccccc2)CC1)c1ccccc1Cl. The van der Waals surface area contributed by atoms with Gasteiger partial charge in [0.2, 0.25) is 5.91 Å². The number of benzene rings is 2. The molecule has 2 aromatic rings. The molecule has 1 fully saturated rings. The van der Waals surface area contributed by atoms with Gasteiger partial charge in [-0.15, -0.1) is 0 Å². The summed E-state index contributed by atoms with van der Waals surface area (Å²) < 4.78 is 0. The van der Waals surface area contributed by atoms with Crippen molar-refractivity contribution in [2.24, 2.45) is 0 Å². The Morgan fingerprint density at radius 2 is 1.68 bits per heavy atom. The van der Waals surface area contributed by atoms with Gasteiger partial charge in [-0.2, -0.15) is 0 Å². The number of amides is 1. The Hall–Kier alpha value is -2.04. The average molecular weight is 358 g/mol. The summed E-state index contributed by atoms with van der Waals surface area (Å²) in [5.41, 5.74) is 2.20. The highest BCUT2D eigenvalue weighted by Gasteiger charge is 2.20. The van der Waals surface area contributed by atoms with E-state index >= 15 is 0 Å². The molecule has 0 aromatic heterocycles. The highest BCUT2D eigenvalue weighted by Crippen LogP contribution is 2.22. The van der Waals surface area contributed by atoms with Crippen molar-refractivity contribution >= 4 is 23.2 Å². The van der Waals surface area contributed by atoms with E-state index in [1.165, 1.54) is 5.69 Å². The van der Waals surface area contributed by atoms with Crippen LogP contribution in [0.2, 0.25) is 5.02 Å². The number of nitrogens with zero attached hydrogens (tertiary/aromatic N) is 2. The monoisotopic (exact) mass is 357 g/mol. The molecule has 0 radical (unpaired) electrons. The molecule has 0 bridgehead atoms. The highest BCUT2D eigenvalue weighted by atomic mass is 35.5. The van der Waals surface area contributed by atoms with Gasteiger partial charge >= 0.3 is 0 Å². The van der Waals surface area contributed by atoms with Gasteiger partial charge in [-0.3, -0.25) is 9.69 Å². The number of rotatable bonds is 5. The molecule has 1 N–H and O–H groups in total. The molecule has 1 amide bonds. The molecule has 0 saturated carbocycles. The lowest BCUT2D eigenvalue weighted by Crippen LogP contribution is -2.49. The van der Waals surface area contributed by atoms with Gasteiger partial charge in [0.1, 0.15) is 0 Å². The predicted molar refractivity (Wildman–Crippen MR) is 103 cm³/mol. The molecule has 1 saturated heterocycles. The maximum atomic E-state index is 12.3. The number of hydrogen-bond acceptors (Lipinski definition) is 3. The molecular weight excluding hydrogens is 334 g/mol. The fourth-order valence-corrected chi connectivity index (χ4v) is 3.50. The van der Waals surface area contributed by atoms with Crippen molar-refractivity contribution in [2.75, 3.05) is 37.6 Å². The Bertz CT molecular complexity index is 699. The average Bonchev–Trinajstić information content (AvgIpc) is 2.63. The molecule has 3 rings (SSSR count). The summed E-state index contributed by atoms with van der Waals surface area (Å²) in [6, 6.07) is 18.0. The van der Waals surface area contributed by atoms with E-state index in [1.807, 2.05) is 37.3 Å². The van der Waals surface area contributed by atoms with Gasteiger partial charge in [-0.1, -0.05) is 48.0 Å². The Morgan fingerprint density at radius 1 is 1.04 bits per heavy atom. The number of anilines is 1. The third-order valence-electron chi connectivity index (χ3n) is 4.61. The molecule has 4 nitrogen and oxygen atoms in total. The summed E-state index contributed by atoms with van der Waals surface area (Å²) in [5.74, 6) is 0.0422. The van der Waals surface area contributed by atoms with Crippen LogP contribution in [0.4, 0.5) is 5.69 Å². The van der Waals surface area contributed by atoms with Crippen LogP contribution in [-0.4, -0.2) is 43.5 Å². The number of para-hydroxylation sites is 1. The van der Waals surface area contributed by atoms with E-state index in [0.717, 1.165) is 31.7 Å². The zero-order valence-corrected chi connectivity index (χ0v) is 15.2. The van der Waals surface area contributed by atoms with Crippen LogP contribution in [-0.2, 0) is 4.79 Å². The summed E-state index contributed by atoms with van der Waals surface area (Å²) in [4.78, 5) is 16.9. The van der Waals surface area contributed by atoms with Crippen molar-refractivity contribution in [3.05, 3.63) is 65.2 Å². The lowest BCUT2D eigenvalue weighted by atomic mass is 10.1. The second kappa shape index (κ2) is 8.37. The third-order valence-corrected chi connectivity index (χ3v) is 4.95. The molecule has 132 valence electrons. The molecule has 25 heavy (non-hydrogen) atoms. The summed E-state index contributed by atoms with van der Waals surface area (Å²) in [7, 11) is 0. The number of carbonyl (C=O) groups is 1. The van der Waals surface area contributed by atoms with Crippen molar-refractivity contribution in [1.82, 2.24) is 10.2 Å². The first-order chi connectivity index (χ1) is 12.1. The first-order valence-corrected chi connectivity index (χ1v) is 9.07. The van der Waals surface area contributed by atoms with Crippen LogP contribution in [0, 0.1) is 0 Å². The van der Waals surface area contributed by atoms with E-state index in [2.05, 4.69) is 39.4 Å². The smallest absolute Gasteiger partial charge is 0.234 e. The first kappa shape index (κ1) is 17.8. The first-order valence-electron chi connectivity index (χ1n) is 8.69. The number of nitrogens with one attached hydrogen (secondary N) is 1. The Balaban J connectivity index is 1.47. The molecule has 1 aliphatic heterocycles. The quantitative estimate of drug-likeness (QED) is 0.891. The van der Waals surface area contributed by atoms with E-state index in [4.69, 9.17) is 11.6 Å². The number of hydrogen-bond donors (Lipinski definition) is 1. The van der Waals surface area contributed by atoms with E-state index in [0.29, 0.717) is 11.6 Å². The van der Waals surface area contributed by atoms with Crippen LogP contribution in [0.3, 0.4) is 0 Å². The van der Waals surface area contributed by atoms with Crippen LogP contribution in [0.25, 0.3) is 0 Å². The standard InChI is InChI=1S/C20H24ClN3O/c1-16(18-9-5-6-10-19(18)21)22-20(25)15-23-11-13-24(14-12-23)17-7-3-2-4-8-17/h2-10,16H,11-15H2,1H3,(H,22,25)/t16-/m1/s1. The highest BCUT2D eigenvalue weighted by molar-refractivity contribution is 6.31. The van der Waals surface area contributed by atoms with Crippen LogP contribution >= 0.6 is 11.6 Å². The Morgan fingerprint density at radius 3 is 2.36 bits per heavy atom. The second-order valence-corrected chi connectivity index (χ2v) is 6.82. The van der Waals surface area contributed by atoms with Crippen molar-refractivity contribution < 1.29 is 4.79 Å². The number of carbonyl (C=O) groups excluding carboxylic acids is 1. The normalized spacial score (nSPS) is 16.5. The van der Waals surface area contributed by atoms with E-state index in [1.54, 1.807) is 0 Å². The topological polar surface area (TPSA) is 35.6 Å². The zero-order chi connectivity index (χ0) is 17.6. The lowest BCUT2D eigenvalue weighted by molar-refractivity contribution is -0.123. The molecule has 0 aliphatic carbocycles. The van der Waals surface area contributed by atoms with Gasteiger partial charge in [0.25, 0.3) is 0 Å². The largest absolute Gasteiger partial charge is 0.369 e. The summed E-state index contributed by atoms with van der Waals surface area (Å²) in [6.45, 7) is 6.06. The van der Waals surface area contributed by atoms with Gasteiger partial charge in [0.15, 0.2) is 0 Å². The molecule has 2 aromatic carbocycles. The number of piperazine rings is 1. The maximum absolute atomic E-state index is 12.3. The summed E-state index contributed by atoms with van der Waals surface area (Å²) in [6.07, 6.45) is 0. The van der Waals surface area contributed by atoms with Crippen LogP contribution < -0.4 is 10.2 Å². The minimum absolute atomic E-state index is 0.0422. The van der Waals surface area contributed by atoms with Crippen LogP contribution in [0.1, 0.15) is 18.5 Å². The Kier molecular flexibility index (Phi) is 5.95. The minimum atomic E-state index is -0.0909. The van der Waals surface area contributed by atoms with E-state index < -0.39 is 0 Å². The minimum Gasteiger partial charge on any atom is -0.369 e. The molecule has 5 heteroatoms. The lowest BCUT2D eigenvalue weighted by Gasteiger charge is -2.35. The van der Waals surface area contributed by atoms with E-state index in [-0.39, 0.29) is 11.9 Å². The molecular formula is C20H24ClN3O. The fourth-order valence-electron chi connectivity index (χ4n) is 3.20. The summed E-state index contributed by atoms with van der Waals surface area (Å²) in [5, 5.41) is 3.74. The Labute approximate surface area is 154 Å². The molecule has 1 heterocycles. The van der Waals surface area contributed by atoms with Crippen LogP contribution in [0.5, 0.6) is 0 Å². The third kappa shape index (κ3) is 4.74. The second-order valence-electron chi connectivity index (χ2n) is 6.41. The fraction of sp³-hybridized carbons (Fsp3) is 0.350. The van der Waals surface area contributed by atoms with Gasteiger partial charge in [-0.05, 0) is 30.7 Å². The maximum Gasteiger partial charge on any atom is 0.234 e.